The minimum atomic E-state index is -4.34. The molecule has 3 fully saturated rings. The molecule has 0 radical (unpaired) electrons. The van der Waals surface area contributed by atoms with E-state index in [2.05, 4.69) is 34.6 Å². The summed E-state index contributed by atoms with van der Waals surface area (Å²) < 4.78 is 135. The number of hydrogen-bond acceptors (Lipinski definition) is 13. The minimum absolute atomic E-state index is 0. The topological polar surface area (TPSA) is 122 Å². The van der Waals surface area contributed by atoms with Gasteiger partial charge in [-0.1, -0.05) is 36.4 Å². The zero-order valence-corrected chi connectivity index (χ0v) is 46.8. The molecule has 0 unspecified atom stereocenters. The maximum absolute atomic E-state index is 12.6. The van der Waals surface area contributed by atoms with E-state index in [1.807, 2.05) is 72.8 Å². The quantitative estimate of drug-likeness (QED) is 0.0531. The predicted octanol–water partition coefficient (Wildman–Crippen LogP) is 7.21. The number of hydrogen-bond donors (Lipinski definition) is 1. The van der Waals surface area contributed by atoms with Crippen LogP contribution in [0.4, 0.5) is 56.6 Å². The van der Waals surface area contributed by atoms with Gasteiger partial charge in [0.15, 0.2) is 0 Å². The van der Waals surface area contributed by atoms with Crippen molar-refractivity contribution in [3.05, 3.63) is 179 Å². The molecular weight excluding hydrogens is 1110 g/mol. The Balaban J connectivity index is 0.000000202. The van der Waals surface area contributed by atoms with Crippen LogP contribution in [0.5, 0.6) is 17.2 Å². The Bertz CT molecular complexity index is 2900. The van der Waals surface area contributed by atoms with Crippen LogP contribution in [0, 0.1) is 0 Å². The zero-order chi connectivity index (χ0) is 59.4. The summed E-state index contributed by atoms with van der Waals surface area (Å²) in [6.07, 6.45) is -12.5. The van der Waals surface area contributed by atoms with Gasteiger partial charge in [-0.15, -0.1) is 0 Å². The zero-order valence-electron chi connectivity index (χ0n) is 46.8. The van der Waals surface area contributed by atoms with Gasteiger partial charge in [-0.3, -0.25) is 14.6 Å². The average molecular weight is 1170 g/mol. The predicted molar refractivity (Wildman–Crippen MR) is 295 cm³/mol. The fourth-order valence-electron chi connectivity index (χ4n) is 9.11. The summed E-state index contributed by atoms with van der Waals surface area (Å²) in [5, 5.41) is 13.9. The Labute approximate surface area is 495 Å². The summed E-state index contributed by atoms with van der Waals surface area (Å²) in [5.74, 6) is 0.786. The standard InChI is InChI=1S/C22H25F3N2O3.C21H23F3N2O3.C18H19F3N2O.Li/c1-29-21(28)10-11-26-12-14-27(15-13-26)19-6-8-20(9-7-19)30-16-17-2-4-18(5-3-17)22(23,24)25;22-21(23,24)17-3-1-16(2-4-17)15-29-19-7-5-18(6-8-19)26-13-11-25(12-14-26)10-9-20(27)28;19-18(20,21)15-3-1-14(2-4-15)13-24-17-7-5-16(6-8-17)23-11-9-22-10-12-23;/h2-9H,10-16H2,1H3;1-8H,9-15H2,(H,27,28);1-8,22H,9-13H2;/q;;;+1/p-1. The molecule has 6 aromatic rings. The van der Waals surface area contributed by atoms with Crippen LogP contribution >= 0.6 is 0 Å². The third kappa shape index (κ3) is 21.5. The van der Waals surface area contributed by atoms with Gasteiger partial charge in [0, 0.05) is 115 Å². The van der Waals surface area contributed by atoms with Crippen molar-refractivity contribution in [2.45, 2.75) is 51.2 Å². The van der Waals surface area contributed by atoms with Crippen molar-refractivity contribution in [1.29, 1.82) is 0 Å². The number of carboxylic acid groups (broad SMARTS) is 1. The Morgan fingerprint density at radius 3 is 0.988 bits per heavy atom. The van der Waals surface area contributed by atoms with Crippen LogP contribution in [0.1, 0.15) is 46.2 Å². The summed E-state index contributed by atoms with van der Waals surface area (Å²) >= 11 is 0. The number of piperazine rings is 3. The van der Waals surface area contributed by atoms with Crippen molar-refractivity contribution in [2.24, 2.45) is 0 Å². The Morgan fingerprint density at radius 1 is 0.429 bits per heavy atom. The van der Waals surface area contributed by atoms with E-state index >= 15 is 0 Å². The average Bonchev–Trinajstić information content (AvgIpc) is 3.58. The molecule has 3 aliphatic rings. The number of methoxy groups -OCH3 is 1. The molecule has 3 aliphatic heterocycles. The molecule has 9 rings (SSSR count). The van der Waals surface area contributed by atoms with Gasteiger partial charge in [0.2, 0.25) is 0 Å². The molecule has 0 amide bonds. The molecule has 6 aromatic carbocycles. The number of esters is 1. The van der Waals surface area contributed by atoms with E-state index in [9.17, 15) is 54.2 Å². The number of alkyl halides is 9. The van der Waals surface area contributed by atoms with Gasteiger partial charge in [-0.25, -0.2) is 0 Å². The van der Waals surface area contributed by atoms with E-state index in [1.165, 1.54) is 43.5 Å². The number of carbonyl (C=O) groups excluding carboxylic acids is 2. The van der Waals surface area contributed by atoms with Gasteiger partial charge >= 0.3 is 43.4 Å². The molecule has 0 aromatic heterocycles. The van der Waals surface area contributed by atoms with Crippen molar-refractivity contribution in [2.75, 3.05) is 113 Å². The van der Waals surface area contributed by atoms with E-state index in [1.54, 1.807) is 0 Å². The van der Waals surface area contributed by atoms with E-state index in [0.717, 1.165) is 132 Å². The second-order valence-corrected chi connectivity index (χ2v) is 19.8. The third-order valence-electron chi connectivity index (χ3n) is 14.0. The number of halogens is 9. The van der Waals surface area contributed by atoms with Crippen molar-refractivity contribution < 1.29 is 92.0 Å². The number of nitrogens with one attached hydrogen (secondary N) is 1. The molecule has 446 valence electrons. The SMILES string of the molecule is COC(=O)CCN1CCN(c2ccc(OCc3ccc(C(F)(F)F)cc3)cc2)CC1.FC(F)(F)c1ccc(COc2ccc(N3CCNCC3)cc2)cc1.O=C([O-])CCN1CCN(c2ccc(OCc3ccc(C(F)(F)F)cc3)cc2)CC1.[Li+]. The largest absolute Gasteiger partial charge is 1.00 e. The summed E-state index contributed by atoms with van der Waals surface area (Å²) in [6.45, 7) is 12.4. The van der Waals surface area contributed by atoms with Crippen LogP contribution in [0.25, 0.3) is 0 Å². The first-order valence-corrected chi connectivity index (χ1v) is 27.0. The molecule has 3 saturated heterocycles. The molecule has 0 saturated carbocycles. The van der Waals surface area contributed by atoms with Crippen LogP contribution in [-0.2, 0) is 52.7 Å². The van der Waals surface area contributed by atoms with Gasteiger partial charge in [0.1, 0.15) is 37.1 Å². The van der Waals surface area contributed by atoms with Gasteiger partial charge in [0.25, 0.3) is 0 Å². The first-order chi connectivity index (χ1) is 39.7. The molecule has 0 bridgehead atoms. The van der Waals surface area contributed by atoms with Gasteiger partial charge in [-0.2, -0.15) is 39.5 Å². The number of aliphatic carboxylic acids is 1. The van der Waals surface area contributed by atoms with Crippen molar-refractivity contribution in [3.8, 4) is 17.2 Å². The molecule has 0 spiro atoms. The summed E-state index contributed by atoms with van der Waals surface area (Å²) in [4.78, 5) is 32.9. The van der Waals surface area contributed by atoms with E-state index in [-0.39, 0.29) is 51.1 Å². The molecule has 23 heteroatoms. The van der Waals surface area contributed by atoms with Gasteiger partial charge in [0.05, 0.1) is 30.2 Å². The van der Waals surface area contributed by atoms with Crippen LogP contribution < -0.4 is 58.2 Å². The fourth-order valence-corrected chi connectivity index (χ4v) is 9.11. The molecule has 3 heterocycles. The third-order valence-corrected chi connectivity index (χ3v) is 14.0. The maximum atomic E-state index is 12.6. The van der Waals surface area contributed by atoms with Crippen LogP contribution in [-0.4, -0.2) is 120 Å². The number of rotatable bonds is 18. The number of anilines is 3. The monoisotopic (exact) mass is 1170 g/mol. The number of nitrogens with zero attached hydrogens (tertiary/aromatic N) is 5. The normalized spacial score (nSPS) is 15.1. The number of carboxylic acids is 1. The van der Waals surface area contributed by atoms with Crippen molar-refractivity contribution in [3.63, 3.8) is 0 Å². The Morgan fingerprint density at radius 2 is 0.714 bits per heavy atom. The first-order valence-electron chi connectivity index (χ1n) is 27.0. The molecule has 0 atom stereocenters. The molecule has 0 aliphatic carbocycles. The van der Waals surface area contributed by atoms with Crippen LogP contribution in [0.2, 0.25) is 0 Å². The van der Waals surface area contributed by atoms with Gasteiger partial charge < -0.3 is 48.9 Å². The Kier molecular flexibility index (Phi) is 24.9. The molecule has 84 heavy (non-hydrogen) atoms. The molecular formula is C61H66F9LiN6O7. The smallest absolute Gasteiger partial charge is 0.550 e. The van der Waals surface area contributed by atoms with E-state index in [0.29, 0.717) is 53.4 Å². The van der Waals surface area contributed by atoms with Crippen LogP contribution in [0.15, 0.2) is 146 Å². The first kappa shape index (κ1) is 66.1. The van der Waals surface area contributed by atoms with Crippen molar-refractivity contribution in [1.82, 2.24) is 15.1 Å². The van der Waals surface area contributed by atoms with E-state index < -0.39 is 41.2 Å². The summed E-state index contributed by atoms with van der Waals surface area (Å²) in [6, 6.07) is 38.0. The second-order valence-electron chi connectivity index (χ2n) is 19.8. The molecule has 13 nitrogen and oxygen atoms in total. The molecule has 1 N–H and O–H groups in total. The fraction of sp³-hybridized carbons (Fsp3) is 0.377. The second kappa shape index (κ2) is 31.7. The van der Waals surface area contributed by atoms with Crippen LogP contribution in [0.3, 0.4) is 0 Å². The van der Waals surface area contributed by atoms with Gasteiger partial charge in [-0.05, 0) is 132 Å². The summed E-state index contributed by atoms with van der Waals surface area (Å²) in [5.41, 5.74) is 3.34. The number of carbonyl (C=O) groups is 2. The van der Waals surface area contributed by atoms with Crippen molar-refractivity contribution >= 4 is 29.0 Å². The van der Waals surface area contributed by atoms with E-state index in [4.69, 9.17) is 14.2 Å². The minimum Gasteiger partial charge on any atom is -0.550 e. The summed E-state index contributed by atoms with van der Waals surface area (Å²) in [7, 11) is 1.40. The Hall–Kier alpha value is -7.09. The number of ether oxygens (including phenoxy) is 4. The number of benzene rings is 6. The maximum Gasteiger partial charge on any atom is 1.00 e.